The predicted octanol–water partition coefficient (Wildman–Crippen LogP) is 3.28. The van der Waals surface area contributed by atoms with E-state index in [2.05, 4.69) is 47.0 Å². The molecule has 24 heavy (non-hydrogen) atoms. The molecule has 2 aromatic rings. The van der Waals surface area contributed by atoms with Crippen LogP contribution in [-0.4, -0.2) is 31.8 Å². The van der Waals surface area contributed by atoms with Crippen LogP contribution >= 0.6 is 0 Å². The third-order valence-corrected chi connectivity index (χ3v) is 5.00. The van der Waals surface area contributed by atoms with Crippen molar-refractivity contribution in [3.63, 3.8) is 0 Å². The molecule has 124 valence electrons. The van der Waals surface area contributed by atoms with Gasteiger partial charge in [-0.2, -0.15) is 0 Å². The Balaban J connectivity index is 1.42. The first-order chi connectivity index (χ1) is 11.8. The molecular formula is C20H22N2O2. The van der Waals surface area contributed by atoms with E-state index in [-0.39, 0.29) is 12.0 Å². The fraction of sp³-hybridized carbons (Fsp3) is 0.350. The minimum atomic E-state index is -0.328. The maximum Gasteiger partial charge on any atom is 0.407 e. The van der Waals surface area contributed by atoms with E-state index in [4.69, 9.17) is 4.74 Å². The first-order valence-corrected chi connectivity index (χ1v) is 8.65. The summed E-state index contributed by atoms with van der Waals surface area (Å²) in [5.74, 6) is 0.118. The molecule has 4 nitrogen and oxygen atoms in total. The summed E-state index contributed by atoms with van der Waals surface area (Å²) in [7, 11) is 0. The van der Waals surface area contributed by atoms with Gasteiger partial charge in [0.25, 0.3) is 0 Å². The fourth-order valence-corrected chi connectivity index (χ4v) is 3.79. The Labute approximate surface area is 142 Å². The lowest BCUT2D eigenvalue weighted by atomic mass is 9.98. The number of hydrogen-bond donors (Lipinski definition) is 2. The van der Waals surface area contributed by atoms with Crippen LogP contribution in [0.2, 0.25) is 0 Å². The number of ether oxygens (including phenoxy) is 1. The Kier molecular flexibility index (Phi) is 4.22. The summed E-state index contributed by atoms with van der Waals surface area (Å²) in [6.45, 7) is 2.05. The van der Waals surface area contributed by atoms with Gasteiger partial charge >= 0.3 is 6.09 Å². The van der Waals surface area contributed by atoms with E-state index in [0.717, 1.165) is 13.0 Å². The van der Waals surface area contributed by atoms with Crippen LogP contribution in [-0.2, 0) is 4.74 Å². The van der Waals surface area contributed by atoms with Crippen LogP contribution in [0.25, 0.3) is 11.1 Å². The first-order valence-electron chi connectivity index (χ1n) is 8.65. The minimum absolute atomic E-state index is 0.118. The molecule has 4 rings (SSSR count). The number of amides is 1. The Morgan fingerprint density at radius 1 is 1.08 bits per heavy atom. The second kappa shape index (κ2) is 6.65. The lowest BCUT2D eigenvalue weighted by Gasteiger charge is -2.16. The van der Waals surface area contributed by atoms with Crippen LogP contribution < -0.4 is 10.6 Å². The molecular weight excluding hydrogens is 300 g/mol. The number of alkyl carbamates (subject to hydrolysis) is 1. The van der Waals surface area contributed by atoms with Crippen molar-refractivity contribution in [2.45, 2.75) is 24.8 Å². The predicted molar refractivity (Wildman–Crippen MR) is 94.1 cm³/mol. The van der Waals surface area contributed by atoms with Crippen LogP contribution in [0.4, 0.5) is 4.79 Å². The number of carbonyl (C=O) groups is 1. The molecule has 1 heterocycles. The molecule has 0 aromatic heterocycles. The Hall–Kier alpha value is -2.33. The van der Waals surface area contributed by atoms with E-state index >= 15 is 0 Å². The zero-order valence-corrected chi connectivity index (χ0v) is 13.6. The molecule has 1 amide bonds. The van der Waals surface area contributed by atoms with E-state index in [0.29, 0.717) is 19.2 Å². The Morgan fingerprint density at radius 3 is 2.38 bits per heavy atom. The van der Waals surface area contributed by atoms with Gasteiger partial charge in [0.15, 0.2) is 0 Å². The van der Waals surface area contributed by atoms with E-state index in [9.17, 15) is 4.79 Å². The zero-order chi connectivity index (χ0) is 16.4. The van der Waals surface area contributed by atoms with E-state index < -0.39 is 0 Å². The molecule has 2 aromatic carbocycles. The maximum absolute atomic E-state index is 12.0. The van der Waals surface area contributed by atoms with Crippen molar-refractivity contribution in [2.24, 2.45) is 0 Å². The average molecular weight is 322 g/mol. The van der Waals surface area contributed by atoms with Gasteiger partial charge in [-0.05, 0) is 41.6 Å². The number of benzene rings is 2. The van der Waals surface area contributed by atoms with Crippen molar-refractivity contribution in [1.82, 2.24) is 10.6 Å². The quantitative estimate of drug-likeness (QED) is 0.908. The van der Waals surface area contributed by atoms with Gasteiger partial charge in [-0.25, -0.2) is 4.79 Å². The van der Waals surface area contributed by atoms with Crippen molar-refractivity contribution in [2.75, 3.05) is 19.7 Å². The summed E-state index contributed by atoms with van der Waals surface area (Å²) < 4.78 is 5.52. The number of fused-ring (bicyclic) bond motifs is 3. The van der Waals surface area contributed by atoms with Crippen molar-refractivity contribution < 1.29 is 9.53 Å². The molecule has 0 unspecified atom stereocenters. The molecule has 4 heteroatoms. The molecule has 0 radical (unpaired) electrons. The fourth-order valence-electron chi connectivity index (χ4n) is 3.79. The summed E-state index contributed by atoms with van der Waals surface area (Å²) in [4.78, 5) is 12.0. The van der Waals surface area contributed by atoms with Crippen molar-refractivity contribution in [1.29, 1.82) is 0 Å². The second-order valence-corrected chi connectivity index (χ2v) is 6.50. The van der Waals surface area contributed by atoms with Crippen LogP contribution in [0.15, 0.2) is 48.5 Å². The molecule has 1 aliphatic carbocycles. The molecule has 2 N–H and O–H groups in total. The van der Waals surface area contributed by atoms with Crippen LogP contribution in [0.1, 0.15) is 29.9 Å². The monoisotopic (exact) mass is 322 g/mol. The van der Waals surface area contributed by atoms with Gasteiger partial charge in [0.2, 0.25) is 0 Å². The third-order valence-electron chi connectivity index (χ3n) is 5.00. The summed E-state index contributed by atoms with van der Waals surface area (Å²) in [6.07, 6.45) is 1.96. The SMILES string of the molecule is O=C(NC[C@@H]1CCCN1)OCC1c2ccccc2-c2ccccc21. The summed E-state index contributed by atoms with van der Waals surface area (Å²) in [5.41, 5.74) is 4.97. The minimum Gasteiger partial charge on any atom is -0.449 e. The Morgan fingerprint density at radius 2 is 1.75 bits per heavy atom. The van der Waals surface area contributed by atoms with E-state index in [1.54, 1.807) is 0 Å². The van der Waals surface area contributed by atoms with Gasteiger partial charge in [-0.1, -0.05) is 48.5 Å². The molecule has 0 saturated carbocycles. The Bertz CT molecular complexity index is 692. The van der Waals surface area contributed by atoms with Crippen LogP contribution in [0.3, 0.4) is 0 Å². The lowest BCUT2D eigenvalue weighted by Crippen LogP contribution is -2.37. The maximum atomic E-state index is 12.0. The van der Waals surface area contributed by atoms with Gasteiger partial charge < -0.3 is 15.4 Å². The van der Waals surface area contributed by atoms with Crippen molar-refractivity contribution in [3.8, 4) is 11.1 Å². The van der Waals surface area contributed by atoms with Gasteiger partial charge in [-0.3, -0.25) is 0 Å². The zero-order valence-electron chi connectivity index (χ0n) is 13.6. The second-order valence-electron chi connectivity index (χ2n) is 6.50. The van der Waals surface area contributed by atoms with E-state index in [1.165, 1.54) is 28.7 Å². The molecule has 0 spiro atoms. The number of nitrogens with one attached hydrogen (secondary N) is 2. The molecule has 1 fully saturated rings. The number of rotatable bonds is 4. The standard InChI is InChI=1S/C20H22N2O2/c23-20(22-12-14-6-5-11-21-14)24-13-19-17-9-3-1-7-15(17)16-8-2-4-10-18(16)19/h1-4,7-10,14,19,21H,5-6,11-13H2,(H,22,23)/t14-/m0/s1. The average Bonchev–Trinajstić information content (AvgIpc) is 3.25. The van der Waals surface area contributed by atoms with Gasteiger partial charge in [0, 0.05) is 18.5 Å². The molecule has 1 saturated heterocycles. The smallest absolute Gasteiger partial charge is 0.407 e. The van der Waals surface area contributed by atoms with Crippen molar-refractivity contribution in [3.05, 3.63) is 59.7 Å². The molecule has 0 bridgehead atoms. The molecule has 1 aliphatic heterocycles. The van der Waals surface area contributed by atoms with Crippen molar-refractivity contribution >= 4 is 6.09 Å². The summed E-state index contributed by atoms with van der Waals surface area (Å²) in [5, 5.41) is 6.24. The van der Waals surface area contributed by atoms with Gasteiger partial charge in [0.05, 0.1) is 0 Å². The highest BCUT2D eigenvalue weighted by molar-refractivity contribution is 5.79. The normalized spacial score (nSPS) is 18.9. The number of hydrogen-bond acceptors (Lipinski definition) is 3. The highest BCUT2D eigenvalue weighted by atomic mass is 16.5. The molecule has 1 atom stereocenters. The topological polar surface area (TPSA) is 50.4 Å². The van der Waals surface area contributed by atoms with Gasteiger partial charge in [0.1, 0.15) is 6.61 Å². The largest absolute Gasteiger partial charge is 0.449 e. The third kappa shape index (κ3) is 2.89. The first kappa shape index (κ1) is 15.2. The highest BCUT2D eigenvalue weighted by Crippen LogP contribution is 2.44. The van der Waals surface area contributed by atoms with Gasteiger partial charge in [-0.15, -0.1) is 0 Å². The van der Waals surface area contributed by atoms with Crippen LogP contribution in [0, 0.1) is 0 Å². The summed E-state index contributed by atoms with van der Waals surface area (Å²) in [6, 6.07) is 17.1. The molecule has 2 aliphatic rings. The van der Waals surface area contributed by atoms with Crippen LogP contribution in [0.5, 0.6) is 0 Å². The summed E-state index contributed by atoms with van der Waals surface area (Å²) >= 11 is 0. The lowest BCUT2D eigenvalue weighted by molar-refractivity contribution is 0.142. The number of carbonyl (C=O) groups excluding carboxylic acids is 1. The highest BCUT2D eigenvalue weighted by Gasteiger charge is 2.29. The van der Waals surface area contributed by atoms with E-state index in [1.807, 2.05) is 12.1 Å².